The van der Waals surface area contributed by atoms with Gasteiger partial charge < -0.3 is 9.64 Å². The van der Waals surface area contributed by atoms with E-state index in [2.05, 4.69) is 37.0 Å². The van der Waals surface area contributed by atoms with Crippen LogP contribution in [0.2, 0.25) is 5.02 Å². The van der Waals surface area contributed by atoms with Crippen LogP contribution < -0.4 is 4.74 Å². The molecule has 3 nitrogen and oxygen atoms in total. The number of ether oxygens (including phenoxy) is 1. The van der Waals surface area contributed by atoms with Gasteiger partial charge in [0.2, 0.25) is 0 Å². The summed E-state index contributed by atoms with van der Waals surface area (Å²) in [6.07, 6.45) is 1.86. The van der Waals surface area contributed by atoms with Gasteiger partial charge in [-0.1, -0.05) is 35.9 Å². The molecule has 0 saturated heterocycles. The van der Waals surface area contributed by atoms with E-state index in [4.69, 9.17) is 16.3 Å². The first kappa shape index (κ1) is 20.0. The third kappa shape index (κ3) is 4.93. The quantitative estimate of drug-likeness (QED) is 0.332. The van der Waals surface area contributed by atoms with Crippen LogP contribution in [0.25, 0.3) is 11.1 Å². The monoisotopic (exact) mass is 392 g/mol. The van der Waals surface area contributed by atoms with E-state index < -0.39 is 0 Å². The summed E-state index contributed by atoms with van der Waals surface area (Å²) in [7, 11) is 2.01. The van der Waals surface area contributed by atoms with Gasteiger partial charge in [0.05, 0.1) is 12.0 Å². The number of benzene rings is 3. The van der Waals surface area contributed by atoms with Crippen LogP contribution in [0.5, 0.6) is 11.5 Å². The van der Waals surface area contributed by atoms with Crippen molar-refractivity contribution in [1.29, 1.82) is 0 Å². The van der Waals surface area contributed by atoms with Crippen molar-refractivity contribution >= 4 is 23.6 Å². The lowest BCUT2D eigenvalue weighted by Crippen LogP contribution is -2.14. The van der Waals surface area contributed by atoms with E-state index in [0.717, 1.165) is 51.0 Å². The van der Waals surface area contributed by atoms with Crippen LogP contribution >= 0.6 is 11.6 Å². The number of nitrogens with zero attached hydrogens (tertiary/aromatic N) is 2. The molecule has 0 aliphatic heterocycles. The highest BCUT2D eigenvalue weighted by Gasteiger charge is 2.07. The summed E-state index contributed by atoms with van der Waals surface area (Å²) in [5, 5.41) is 0.740. The van der Waals surface area contributed by atoms with E-state index in [1.54, 1.807) is 0 Å². The Balaban J connectivity index is 1.77. The molecule has 0 aliphatic rings. The van der Waals surface area contributed by atoms with E-state index in [1.807, 2.05) is 67.7 Å². The van der Waals surface area contributed by atoms with E-state index in [9.17, 15) is 0 Å². The Bertz CT molecular complexity index is 963. The molecule has 144 valence electrons. The normalized spacial score (nSPS) is 11.0. The second-order valence-electron chi connectivity index (χ2n) is 6.86. The Morgan fingerprint density at radius 1 is 0.929 bits per heavy atom. The van der Waals surface area contributed by atoms with E-state index in [-0.39, 0.29) is 0 Å². The molecule has 0 aromatic heterocycles. The van der Waals surface area contributed by atoms with Crippen LogP contribution in [0.15, 0.2) is 65.7 Å². The van der Waals surface area contributed by atoms with Crippen LogP contribution in [-0.2, 0) is 0 Å². The summed E-state index contributed by atoms with van der Waals surface area (Å²) in [4.78, 5) is 6.62. The number of hydrogen-bond acceptors (Lipinski definition) is 2. The lowest BCUT2D eigenvalue weighted by atomic mass is 10.1. The van der Waals surface area contributed by atoms with Crippen molar-refractivity contribution < 1.29 is 4.74 Å². The molecule has 0 N–H and O–H groups in total. The number of rotatable bonds is 6. The van der Waals surface area contributed by atoms with Crippen LogP contribution in [-0.4, -0.2) is 24.8 Å². The molecule has 0 aliphatic carbocycles. The standard InChI is InChI=1S/C24H25ClN2O/c1-5-27(4)16-26-23-14-18(3)24(15-17(23)2)28-22-12-8-20(9-13-22)19-6-10-21(25)11-7-19/h6-16H,5H2,1-4H3/b26-16+. The zero-order valence-electron chi connectivity index (χ0n) is 16.7. The molecular formula is C24H25ClN2O. The van der Waals surface area contributed by atoms with Gasteiger partial charge in [0.1, 0.15) is 11.5 Å². The summed E-state index contributed by atoms with van der Waals surface area (Å²) in [6.45, 7) is 7.11. The highest BCUT2D eigenvalue weighted by molar-refractivity contribution is 6.30. The van der Waals surface area contributed by atoms with Gasteiger partial charge in [-0.15, -0.1) is 0 Å². The van der Waals surface area contributed by atoms with Gasteiger partial charge in [-0.2, -0.15) is 0 Å². The maximum Gasteiger partial charge on any atom is 0.130 e. The predicted molar refractivity (Wildman–Crippen MR) is 119 cm³/mol. The van der Waals surface area contributed by atoms with Crippen LogP contribution in [0.3, 0.4) is 0 Å². The average molecular weight is 393 g/mol. The molecule has 0 atom stereocenters. The lowest BCUT2D eigenvalue weighted by Gasteiger charge is -2.13. The van der Waals surface area contributed by atoms with Gasteiger partial charge in [-0.05, 0) is 79.4 Å². The number of hydrogen-bond donors (Lipinski definition) is 0. The molecule has 0 spiro atoms. The average Bonchev–Trinajstić information content (AvgIpc) is 2.70. The van der Waals surface area contributed by atoms with Gasteiger partial charge in [-0.25, -0.2) is 4.99 Å². The number of aliphatic imine (C=N–C) groups is 1. The molecule has 0 amide bonds. The summed E-state index contributed by atoms with van der Waals surface area (Å²) in [6, 6.07) is 20.0. The summed E-state index contributed by atoms with van der Waals surface area (Å²) in [5.41, 5.74) is 5.35. The molecule has 0 unspecified atom stereocenters. The third-order valence-electron chi connectivity index (χ3n) is 4.65. The molecule has 4 heteroatoms. The Hall–Kier alpha value is -2.78. The topological polar surface area (TPSA) is 24.8 Å². The highest BCUT2D eigenvalue weighted by Crippen LogP contribution is 2.32. The van der Waals surface area contributed by atoms with Crippen molar-refractivity contribution in [3.8, 4) is 22.6 Å². The van der Waals surface area contributed by atoms with Crippen molar-refractivity contribution in [3.05, 3.63) is 76.8 Å². The van der Waals surface area contributed by atoms with Crippen LogP contribution in [0.1, 0.15) is 18.1 Å². The molecule has 0 bridgehead atoms. The Kier molecular flexibility index (Phi) is 6.37. The van der Waals surface area contributed by atoms with Crippen LogP contribution in [0, 0.1) is 13.8 Å². The zero-order valence-corrected chi connectivity index (χ0v) is 17.5. The molecule has 0 fully saturated rings. The largest absolute Gasteiger partial charge is 0.457 e. The molecular weight excluding hydrogens is 368 g/mol. The Morgan fingerprint density at radius 2 is 1.54 bits per heavy atom. The van der Waals surface area contributed by atoms with E-state index in [0.29, 0.717) is 0 Å². The first-order valence-corrected chi connectivity index (χ1v) is 9.73. The predicted octanol–water partition coefficient (Wildman–Crippen LogP) is 7.03. The van der Waals surface area contributed by atoms with Crippen molar-refractivity contribution in [1.82, 2.24) is 4.90 Å². The van der Waals surface area contributed by atoms with Crippen molar-refractivity contribution in [2.24, 2.45) is 4.99 Å². The third-order valence-corrected chi connectivity index (χ3v) is 4.90. The maximum atomic E-state index is 6.12. The van der Waals surface area contributed by atoms with Crippen molar-refractivity contribution in [3.63, 3.8) is 0 Å². The summed E-state index contributed by atoms with van der Waals surface area (Å²) >= 11 is 5.96. The van der Waals surface area contributed by atoms with Gasteiger partial charge in [-0.3, -0.25) is 0 Å². The fourth-order valence-electron chi connectivity index (χ4n) is 2.75. The van der Waals surface area contributed by atoms with Crippen molar-refractivity contribution in [2.45, 2.75) is 20.8 Å². The summed E-state index contributed by atoms with van der Waals surface area (Å²) in [5.74, 6) is 1.65. The van der Waals surface area contributed by atoms with Gasteiger partial charge in [0, 0.05) is 18.6 Å². The fourth-order valence-corrected chi connectivity index (χ4v) is 2.88. The minimum absolute atomic E-state index is 0.740. The Morgan fingerprint density at radius 3 is 2.14 bits per heavy atom. The molecule has 0 saturated carbocycles. The Labute approximate surface area is 172 Å². The lowest BCUT2D eigenvalue weighted by molar-refractivity contribution is 0.478. The zero-order chi connectivity index (χ0) is 20.1. The molecule has 3 aromatic rings. The maximum absolute atomic E-state index is 6.12. The van der Waals surface area contributed by atoms with Crippen molar-refractivity contribution in [2.75, 3.05) is 13.6 Å². The first-order valence-electron chi connectivity index (χ1n) is 9.36. The van der Waals surface area contributed by atoms with Gasteiger partial charge >= 0.3 is 0 Å². The fraction of sp³-hybridized carbons (Fsp3) is 0.208. The van der Waals surface area contributed by atoms with E-state index >= 15 is 0 Å². The van der Waals surface area contributed by atoms with Crippen LogP contribution in [0.4, 0.5) is 5.69 Å². The van der Waals surface area contributed by atoms with Gasteiger partial charge in [0.25, 0.3) is 0 Å². The number of aryl methyl sites for hydroxylation is 2. The summed E-state index contributed by atoms with van der Waals surface area (Å²) < 4.78 is 6.12. The smallest absolute Gasteiger partial charge is 0.130 e. The second kappa shape index (κ2) is 8.94. The SMILES string of the molecule is CCN(C)/C=N/c1cc(C)c(Oc2ccc(-c3ccc(Cl)cc3)cc2)cc1C. The molecule has 3 rings (SSSR count). The minimum atomic E-state index is 0.740. The molecule has 0 heterocycles. The number of halogens is 1. The van der Waals surface area contributed by atoms with Gasteiger partial charge in [0.15, 0.2) is 0 Å². The highest BCUT2D eigenvalue weighted by atomic mass is 35.5. The minimum Gasteiger partial charge on any atom is -0.457 e. The molecule has 28 heavy (non-hydrogen) atoms. The second-order valence-corrected chi connectivity index (χ2v) is 7.29. The first-order chi connectivity index (χ1) is 13.5. The molecule has 0 radical (unpaired) electrons. The van der Waals surface area contributed by atoms with E-state index in [1.165, 1.54) is 0 Å². The molecule has 3 aromatic carbocycles.